The summed E-state index contributed by atoms with van der Waals surface area (Å²) >= 11 is 0. The number of rotatable bonds is 9. The summed E-state index contributed by atoms with van der Waals surface area (Å²) in [7, 11) is 3.18. The van der Waals surface area contributed by atoms with E-state index in [-0.39, 0.29) is 11.8 Å². The standard InChI is InChI=1S/C17H26N2O4/c1-5-16(20)19(13(2)17(21)18-10-11-22-3)12-14-6-8-15(23-4)9-7-14/h6-9,13H,5,10-12H2,1-4H3,(H,18,21)/t13-/m0/s1. The lowest BCUT2D eigenvalue weighted by molar-refractivity contribution is -0.140. The Labute approximate surface area is 137 Å². The molecule has 0 saturated carbocycles. The third kappa shape index (κ3) is 5.90. The Hall–Kier alpha value is -2.08. The highest BCUT2D eigenvalue weighted by atomic mass is 16.5. The maximum Gasteiger partial charge on any atom is 0.242 e. The van der Waals surface area contributed by atoms with Gasteiger partial charge in [-0.2, -0.15) is 0 Å². The minimum absolute atomic E-state index is 0.0600. The molecule has 1 aromatic rings. The summed E-state index contributed by atoms with van der Waals surface area (Å²) in [5.74, 6) is 0.514. The van der Waals surface area contributed by atoms with E-state index >= 15 is 0 Å². The van der Waals surface area contributed by atoms with E-state index in [1.807, 2.05) is 24.3 Å². The van der Waals surface area contributed by atoms with Crippen LogP contribution >= 0.6 is 0 Å². The molecule has 2 amide bonds. The van der Waals surface area contributed by atoms with Crippen molar-refractivity contribution in [1.29, 1.82) is 0 Å². The van der Waals surface area contributed by atoms with E-state index in [2.05, 4.69) is 5.32 Å². The Morgan fingerprint density at radius 3 is 2.39 bits per heavy atom. The minimum Gasteiger partial charge on any atom is -0.497 e. The first-order valence-corrected chi connectivity index (χ1v) is 7.72. The Morgan fingerprint density at radius 1 is 1.22 bits per heavy atom. The van der Waals surface area contributed by atoms with Crippen LogP contribution in [0.1, 0.15) is 25.8 Å². The summed E-state index contributed by atoms with van der Waals surface area (Å²) in [5.41, 5.74) is 0.948. The van der Waals surface area contributed by atoms with Gasteiger partial charge in [-0.1, -0.05) is 19.1 Å². The summed E-state index contributed by atoms with van der Waals surface area (Å²) in [6, 6.07) is 6.93. The highest BCUT2D eigenvalue weighted by Crippen LogP contribution is 2.15. The molecule has 1 atom stereocenters. The van der Waals surface area contributed by atoms with Gasteiger partial charge in [0.25, 0.3) is 0 Å². The van der Waals surface area contributed by atoms with Crippen molar-refractivity contribution in [3.63, 3.8) is 0 Å². The van der Waals surface area contributed by atoms with E-state index < -0.39 is 6.04 Å². The maximum absolute atomic E-state index is 12.2. The number of nitrogens with one attached hydrogen (secondary N) is 1. The minimum atomic E-state index is -0.540. The largest absolute Gasteiger partial charge is 0.497 e. The highest BCUT2D eigenvalue weighted by molar-refractivity contribution is 5.87. The molecule has 1 N–H and O–H groups in total. The molecule has 0 unspecified atom stereocenters. The molecule has 0 aliphatic carbocycles. The van der Waals surface area contributed by atoms with Crippen molar-refractivity contribution in [3.8, 4) is 5.75 Å². The van der Waals surface area contributed by atoms with Gasteiger partial charge in [-0.3, -0.25) is 9.59 Å². The van der Waals surface area contributed by atoms with Crippen LogP contribution in [0.25, 0.3) is 0 Å². The van der Waals surface area contributed by atoms with Gasteiger partial charge in [0.15, 0.2) is 0 Å². The second-order valence-corrected chi connectivity index (χ2v) is 5.18. The van der Waals surface area contributed by atoms with Crippen LogP contribution in [0.15, 0.2) is 24.3 Å². The van der Waals surface area contributed by atoms with Crippen LogP contribution in [-0.2, 0) is 20.9 Å². The lowest BCUT2D eigenvalue weighted by atomic mass is 10.1. The third-order valence-electron chi connectivity index (χ3n) is 3.59. The van der Waals surface area contributed by atoms with Gasteiger partial charge in [0, 0.05) is 26.6 Å². The maximum atomic E-state index is 12.2. The number of methoxy groups -OCH3 is 2. The van der Waals surface area contributed by atoms with E-state index in [0.29, 0.717) is 26.1 Å². The molecule has 1 aromatic carbocycles. The molecule has 0 spiro atoms. The lowest BCUT2D eigenvalue weighted by Gasteiger charge is -2.28. The van der Waals surface area contributed by atoms with E-state index in [9.17, 15) is 9.59 Å². The van der Waals surface area contributed by atoms with Crippen molar-refractivity contribution < 1.29 is 19.1 Å². The summed E-state index contributed by atoms with van der Waals surface area (Å²) in [6.45, 7) is 4.78. The molecule has 0 saturated heterocycles. The zero-order valence-corrected chi connectivity index (χ0v) is 14.3. The number of hydrogen-bond donors (Lipinski definition) is 1. The Balaban J connectivity index is 2.78. The van der Waals surface area contributed by atoms with E-state index in [0.717, 1.165) is 11.3 Å². The van der Waals surface area contributed by atoms with Crippen molar-refractivity contribution in [2.45, 2.75) is 32.9 Å². The van der Waals surface area contributed by atoms with Gasteiger partial charge in [0.05, 0.1) is 13.7 Å². The van der Waals surface area contributed by atoms with Crippen molar-refractivity contribution in [2.75, 3.05) is 27.4 Å². The molecule has 1 rings (SSSR count). The molecule has 128 valence electrons. The van der Waals surface area contributed by atoms with Crippen LogP contribution in [-0.4, -0.2) is 50.1 Å². The number of carbonyl (C=O) groups is 2. The average molecular weight is 322 g/mol. The summed E-state index contributed by atoms with van der Waals surface area (Å²) in [5, 5.41) is 2.77. The number of carbonyl (C=O) groups excluding carboxylic acids is 2. The van der Waals surface area contributed by atoms with Crippen molar-refractivity contribution in [3.05, 3.63) is 29.8 Å². The van der Waals surface area contributed by atoms with Crippen molar-refractivity contribution in [1.82, 2.24) is 10.2 Å². The van der Waals surface area contributed by atoms with Crippen molar-refractivity contribution in [2.24, 2.45) is 0 Å². The number of hydrogen-bond acceptors (Lipinski definition) is 4. The molecule has 0 aliphatic rings. The Morgan fingerprint density at radius 2 is 1.87 bits per heavy atom. The first-order valence-electron chi connectivity index (χ1n) is 7.72. The van der Waals surface area contributed by atoms with Gasteiger partial charge >= 0.3 is 0 Å². The average Bonchev–Trinajstić information content (AvgIpc) is 2.59. The summed E-state index contributed by atoms with van der Waals surface area (Å²) < 4.78 is 10.0. The molecule has 0 bridgehead atoms. The fourth-order valence-electron chi connectivity index (χ4n) is 2.14. The molecule has 6 nitrogen and oxygen atoms in total. The Bertz CT molecular complexity index is 502. The molecule has 6 heteroatoms. The summed E-state index contributed by atoms with van der Waals surface area (Å²) in [6.07, 6.45) is 0.353. The first-order chi connectivity index (χ1) is 11.0. The first kappa shape index (κ1) is 19.0. The second-order valence-electron chi connectivity index (χ2n) is 5.18. The number of benzene rings is 1. The van der Waals surface area contributed by atoms with Crippen LogP contribution in [0.3, 0.4) is 0 Å². The monoisotopic (exact) mass is 322 g/mol. The zero-order chi connectivity index (χ0) is 17.2. The summed E-state index contributed by atoms with van der Waals surface area (Å²) in [4.78, 5) is 26.0. The molecule has 0 radical (unpaired) electrons. The lowest BCUT2D eigenvalue weighted by Crippen LogP contribution is -2.48. The topological polar surface area (TPSA) is 67.9 Å². The van der Waals surface area contributed by atoms with Crippen LogP contribution in [0.5, 0.6) is 5.75 Å². The van der Waals surface area contributed by atoms with E-state index in [1.54, 1.807) is 33.0 Å². The smallest absolute Gasteiger partial charge is 0.242 e. The van der Waals surface area contributed by atoms with Gasteiger partial charge < -0.3 is 19.7 Å². The molecule has 0 heterocycles. The van der Waals surface area contributed by atoms with Gasteiger partial charge in [0.2, 0.25) is 11.8 Å². The third-order valence-corrected chi connectivity index (χ3v) is 3.59. The van der Waals surface area contributed by atoms with E-state index in [1.165, 1.54) is 0 Å². The van der Waals surface area contributed by atoms with Crippen LogP contribution < -0.4 is 10.1 Å². The fraction of sp³-hybridized carbons (Fsp3) is 0.529. The fourth-order valence-corrected chi connectivity index (χ4v) is 2.14. The number of nitrogens with zero attached hydrogens (tertiary/aromatic N) is 1. The normalized spacial score (nSPS) is 11.7. The van der Waals surface area contributed by atoms with Gasteiger partial charge in [-0.05, 0) is 24.6 Å². The predicted molar refractivity (Wildman–Crippen MR) is 88.2 cm³/mol. The zero-order valence-electron chi connectivity index (χ0n) is 14.3. The van der Waals surface area contributed by atoms with Crippen LogP contribution in [0, 0.1) is 0 Å². The Kier molecular flexibility index (Phi) is 8.11. The molecule has 0 fully saturated rings. The second kappa shape index (κ2) is 9.84. The molecular weight excluding hydrogens is 296 g/mol. The molecule has 23 heavy (non-hydrogen) atoms. The van der Waals surface area contributed by atoms with E-state index in [4.69, 9.17) is 9.47 Å². The van der Waals surface area contributed by atoms with Gasteiger partial charge in [0.1, 0.15) is 11.8 Å². The quantitative estimate of drug-likeness (QED) is 0.701. The predicted octanol–water partition coefficient (Wildman–Crippen LogP) is 1.58. The highest BCUT2D eigenvalue weighted by Gasteiger charge is 2.24. The van der Waals surface area contributed by atoms with Gasteiger partial charge in [-0.25, -0.2) is 0 Å². The van der Waals surface area contributed by atoms with Crippen molar-refractivity contribution >= 4 is 11.8 Å². The van der Waals surface area contributed by atoms with Crippen LogP contribution in [0.2, 0.25) is 0 Å². The SMILES string of the molecule is CCC(=O)N(Cc1ccc(OC)cc1)[C@@H](C)C(=O)NCCOC. The van der Waals surface area contributed by atoms with Crippen LogP contribution in [0.4, 0.5) is 0 Å². The molecule has 0 aliphatic heterocycles. The van der Waals surface area contributed by atoms with Gasteiger partial charge in [-0.15, -0.1) is 0 Å². The molecule has 0 aromatic heterocycles. The molecular formula is C17H26N2O4. The number of amides is 2. The number of ether oxygens (including phenoxy) is 2.